The van der Waals surface area contributed by atoms with Gasteiger partial charge < -0.3 is 9.67 Å². The van der Waals surface area contributed by atoms with Crippen LogP contribution in [-0.4, -0.2) is 15.6 Å². The number of benzene rings is 3. The number of hydrogen-bond acceptors (Lipinski definition) is 2. The van der Waals surface area contributed by atoms with Gasteiger partial charge in [0.15, 0.2) is 0 Å². The summed E-state index contributed by atoms with van der Waals surface area (Å²) in [6.45, 7) is 0.511. The number of aromatic nitrogens is 1. The van der Waals surface area contributed by atoms with E-state index in [0.29, 0.717) is 23.0 Å². The predicted octanol–water partition coefficient (Wildman–Crippen LogP) is 3.52. The van der Waals surface area contributed by atoms with Crippen molar-refractivity contribution in [1.82, 2.24) is 4.57 Å². The number of carbonyl (C=O) groups excluding carboxylic acids is 1. The van der Waals surface area contributed by atoms with Crippen LogP contribution in [-0.2, 0) is 11.3 Å². The van der Waals surface area contributed by atoms with Gasteiger partial charge in [0, 0.05) is 15.1 Å². The lowest BCUT2D eigenvalue weighted by atomic mass is 10.0. The van der Waals surface area contributed by atoms with Crippen LogP contribution < -0.4 is 10.6 Å². The second-order valence-corrected chi connectivity index (χ2v) is 7.66. The molecule has 0 aliphatic carbocycles. The molecule has 5 rings (SSSR count). The maximum absolute atomic E-state index is 12.8. The minimum Gasteiger partial charge on any atom is -0.494 e. The maximum Gasteiger partial charge on any atom is 0.279 e. The molecule has 0 spiro atoms. The highest BCUT2D eigenvalue weighted by molar-refractivity contribution is 9.10. The highest BCUT2D eigenvalue weighted by Gasteiger charge is 2.27. The number of amides is 1. The highest BCUT2D eigenvalue weighted by atomic mass is 79.9. The Labute approximate surface area is 169 Å². The number of hydrogen-bond donors (Lipinski definition) is 1. The Morgan fingerprint density at radius 1 is 0.964 bits per heavy atom. The summed E-state index contributed by atoms with van der Waals surface area (Å²) in [6.07, 6.45) is 0. The first-order valence-corrected chi connectivity index (χ1v) is 9.70. The van der Waals surface area contributed by atoms with Gasteiger partial charge in [-0.05, 0) is 29.8 Å². The van der Waals surface area contributed by atoms with Gasteiger partial charge in [0.2, 0.25) is 5.88 Å². The summed E-state index contributed by atoms with van der Waals surface area (Å²) in [7, 11) is 0. The van der Waals surface area contributed by atoms with Crippen molar-refractivity contribution < 1.29 is 9.90 Å². The fourth-order valence-corrected chi connectivity index (χ4v) is 4.15. The summed E-state index contributed by atoms with van der Waals surface area (Å²) in [5.41, 5.74) is 2.93. The molecule has 0 bridgehead atoms. The third-order valence-electron chi connectivity index (χ3n) is 5.04. The van der Waals surface area contributed by atoms with E-state index < -0.39 is 0 Å². The fourth-order valence-electron chi connectivity index (χ4n) is 3.79. The lowest BCUT2D eigenvalue weighted by molar-refractivity contribution is -0.112. The van der Waals surface area contributed by atoms with Crippen molar-refractivity contribution in [3.63, 3.8) is 0 Å². The van der Waals surface area contributed by atoms with Gasteiger partial charge in [0.05, 0.1) is 28.6 Å². The van der Waals surface area contributed by atoms with Crippen molar-refractivity contribution in [3.05, 3.63) is 99.0 Å². The van der Waals surface area contributed by atoms with E-state index in [9.17, 15) is 9.90 Å². The normalized spacial score (nSPS) is 13.0. The number of carbonyl (C=O) groups is 1. The molecule has 1 aliphatic rings. The summed E-state index contributed by atoms with van der Waals surface area (Å²) in [5.74, 6) is -0.248. The number of para-hydroxylation sites is 1. The third kappa shape index (κ3) is 2.59. The van der Waals surface area contributed by atoms with Gasteiger partial charge >= 0.3 is 0 Å². The summed E-state index contributed by atoms with van der Waals surface area (Å²) < 4.78 is 2.71. The smallest absolute Gasteiger partial charge is 0.279 e. The van der Waals surface area contributed by atoms with Crippen LogP contribution in [0.2, 0.25) is 0 Å². The number of halogens is 1. The van der Waals surface area contributed by atoms with Crippen LogP contribution in [0.4, 0.5) is 0 Å². The third-order valence-corrected chi connectivity index (χ3v) is 5.53. The average Bonchev–Trinajstić information content (AvgIpc) is 3.16. The van der Waals surface area contributed by atoms with E-state index >= 15 is 0 Å². The van der Waals surface area contributed by atoms with Crippen molar-refractivity contribution in [3.8, 4) is 5.88 Å². The lowest BCUT2D eigenvalue weighted by Crippen LogP contribution is -2.23. The molecule has 1 N–H and O–H groups in total. The zero-order valence-corrected chi connectivity index (χ0v) is 16.3. The summed E-state index contributed by atoms with van der Waals surface area (Å²) in [6, 6.07) is 23.2. The Bertz CT molecular complexity index is 1370. The molecule has 136 valence electrons. The molecule has 5 heteroatoms. The van der Waals surface area contributed by atoms with Crippen LogP contribution in [0.3, 0.4) is 0 Å². The van der Waals surface area contributed by atoms with Crippen molar-refractivity contribution in [2.75, 3.05) is 0 Å². The zero-order chi connectivity index (χ0) is 19.3. The molecule has 0 radical (unpaired) electrons. The van der Waals surface area contributed by atoms with Crippen molar-refractivity contribution in [1.29, 1.82) is 0 Å². The van der Waals surface area contributed by atoms with Crippen LogP contribution in [0.5, 0.6) is 5.88 Å². The summed E-state index contributed by atoms with van der Waals surface area (Å²) >= 11 is 3.47. The van der Waals surface area contributed by atoms with Crippen LogP contribution in [0, 0.1) is 0 Å². The van der Waals surface area contributed by atoms with Gasteiger partial charge in [-0.1, -0.05) is 64.5 Å². The number of fused-ring (bicyclic) bond motifs is 2. The molecule has 4 nitrogen and oxygen atoms in total. The van der Waals surface area contributed by atoms with Gasteiger partial charge in [0.1, 0.15) is 0 Å². The highest BCUT2D eigenvalue weighted by Crippen LogP contribution is 2.37. The van der Waals surface area contributed by atoms with Gasteiger partial charge in [0.25, 0.3) is 5.91 Å². The summed E-state index contributed by atoms with van der Waals surface area (Å²) in [4.78, 5) is 16.9. The Balaban J connectivity index is 1.83. The van der Waals surface area contributed by atoms with E-state index in [0.717, 1.165) is 26.2 Å². The molecule has 0 saturated carbocycles. The van der Waals surface area contributed by atoms with E-state index in [4.69, 9.17) is 0 Å². The standard InChI is InChI=1S/C23H15BrN2O2/c24-15-10-11-18-17(12-15)20(22(27)25-18)21-16-8-4-5-9-19(16)26(23(21)28)13-14-6-2-1-3-7-14/h1-12,28H,13H2. The maximum atomic E-state index is 12.8. The topological polar surface area (TPSA) is 54.6 Å². The molecule has 1 amide bonds. The van der Waals surface area contributed by atoms with Crippen molar-refractivity contribution in [2.24, 2.45) is 4.99 Å². The van der Waals surface area contributed by atoms with Crippen LogP contribution >= 0.6 is 15.9 Å². The Morgan fingerprint density at radius 2 is 1.71 bits per heavy atom. The molecule has 1 aliphatic heterocycles. The lowest BCUT2D eigenvalue weighted by Gasteiger charge is -2.07. The number of rotatable bonds is 3. The van der Waals surface area contributed by atoms with E-state index in [1.165, 1.54) is 0 Å². The first kappa shape index (κ1) is 17.0. The minimum atomic E-state index is -0.328. The van der Waals surface area contributed by atoms with Gasteiger partial charge in [-0.25, -0.2) is 4.99 Å². The molecular weight excluding hydrogens is 416 g/mol. The zero-order valence-electron chi connectivity index (χ0n) is 14.8. The SMILES string of the molecule is O=C1N=c2ccc(Br)cc2=C1c1c(O)n(Cc2ccccc2)c2ccccc12. The predicted molar refractivity (Wildman–Crippen MR) is 112 cm³/mol. The molecule has 4 aromatic rings. The monoisotopic (exact) mass is 430 g/mol. The average molecular weight is 431 g/mol. The molecule has 0 unspecified atom stereocenters. The number of aromatic hydroxyl groups is 1. The van der Waals surface area contributed by atoms with Gasteiger partial charge in [-0.3, -0.25) is 4.79 Å². The van der Waals surface area contributed by atoms with E-state index in [1.54, 1.807) is 0 Å². The van der Waals surface area contributed by atoms with E-state index in [1.807, 2.05) is 77.4 Å². The van der Waals surface area contributed by atoms with E-state index in [-0.39, 0.29) is 11.8 Å². The summed E-state index contributed by atoms with van der Waals surface area (Å²) in [5, 5.41) is 13.4. The molecule has 0 saturated heterocycles. The van der Waals surface area contributed by atoms with Crippen LogP contribution in [0.25, 0.3) is 16.5 Å². The van der Waals surface area contributed by atoms with Crippen LogP contribution in [0.15, 0.2) is 82.3 Å². The molecule has 28 heavy (non-hydrogen) atoms. The Kier molecular flexibility index (Phi) is 3.91. The Hall–Kier alpha value is -3.18. The Morgan fingerprint density at radius 3 is 2.54 bits per heavy atom. The number of nitrogens with zero attached hydrogens (tertiary/aromatic N) is 2. The molecule has 0 fully saturated rings. The molecule has 2 heterocycles. The molecule has 1 aromatic heterocycles. The largest absolute Gasteiger partial charge is 0.494 e. The quantitative estimate of drug-likeness (QED) is 0.540. The van der Waals surface area contributed by atoms with Crippen molar-refractivity contribution >= 4 is 38.3 Å². The minimum absolute atomic E-state index is 0.0800. The molecule has 3 aromatic carbocycles. The fraction of sp³-hybridized carbons (Fsp3) is 0.0435. The second kappa shape index (κ2) is 6.46. The van der Waals surface area contributed by atoms with Crippen LogP contribution in [0.1, 0.15) is 11.1 Å². The first-order valence-electron chi connectivity index (χ1n) is 8.91. The van der Waals surface area contributed by atoms with Crippen molar-refractivity contribution in [2.45, 2.75) is 6.54 Å². The second-order valence-electron chi connectivity index (χ2n) is 6.74. The van der Waals surface area contributed by atoms with Gasteiger partial charge in [-0.15, -0.1) is 0 Å². The van der Waals surface area contributed by atoms with Gasteiger partial charge in [-0.2, -0.15) is 0 Å². The molecule has 0 atom stereocenters. The van der Waals surface area contributed by atoms with E-state index in [2.05, 4.69) is 20.9 Å². The molecular formula is C23H15BrN2O2. The first-order chi connectivity index (χ1) is 13.6.